The van der Waals surface area contributed by atoms with Crippen LogP contribution in [-0.2, 0) is 0 Å². The summed E-state index contributed by atoms with van der Waals surface area (Å²) in [6.07, 6.45) is 1.76. The molecular weight excluding hydrogens is 280 g/mol. The number of nitrogens with zero attached hydrogens (tertiary/aromatic N) is 2. The second-order valence-electron chi connectivity index (χ2n) is 5.09. The van der Waals surface area contributed by atoms with Gasteiger partial charge < -0.3 is 5.32 Å². The number of anilines is 1. The molecule has 0 amide bonds. The first kappa shape index (κ1) is 13.8. The third-order valence-corrected chi connectivity index (χ3v) is 4.31. The van der Waals surface area contributed by atoms with Gasteiger partial charge in [0.25, 0.3) is 0 Å². The Balaban J connectivity index is 1.82. The summed E-state index contributed by atoms with van der Waals surface area (Å²) in [4.78, 5) is 5.89. The molecule has 3 rings (SSSR count). The van der Waals surface area contributed by atoms with Gasteiger partial charge in [-0.15, -0.1) is 11.3 Å². The average Bonchev–Trinajstić information content (AvgIpc) is 3.08. The monoisotopic (exact) mass is 298 g/mol. The number of hydrogen-bond acceptors (Lipinski definition) is 4. The molecule has 4 nitrogen and oxygen atoms in total. The Kier molecular flexibility index (Phi) is 3.75. The lowest BCUT2D eigenvalue weighted by Crippen LogP contribution is -2.08. The Bertz CT molecular complexity index is 731. The van der Waals surface area contributed by atoms with Crippen LogP contribution in [0, 0.1) is 13.8 Å². The van der Waals surface area contributed by atoms with Crippen molar-refractivity contribution in [1.29, 1.82) is 0 Å². The summed E-state index contributed by atoms with van der Waals surface area (Å²) in [6, 6.07) is 10.5. The Morgan fingerprint density at radius 3 is 2.76 bits per heavy atom. The Labute approximate surface area is 128 Å². The number of aryl methyl sites for hydroxylation is 2. The Hall–Kier alpha value is -2.14. The number of thiazole rings is 1. The fourth-order valence-electron chi connectivity index (χ4n) is 2.46. The van der Waals surface area contributed by atoms with Crippen LogP contribution in [0.3, 0.4) is 0 Å². The van der Waals surface area contributed by atoms with Crippen molar-refractivity contribution in [2.45, 2.75) is 26.8 Å². The molecule has 2 heterocycles. The van der Waals surface area contributed by atoms with Crippen LogP contribution in [-0.4, -0.2) is 15.2 Å². The molecule has 1 aromatic carbocycles. The largest absolute Gasteiger partial charge is 0.377 e. The number of nitrogens with one attached hydrogen (secondary N) is 2. The molecule has 0 spiro atoms. The van der Waals surface area contributed by atoms with Crippen LogP contribution in [0.2, 0.25) is 0 Å². The van der Waals surface area contributed by atoms with Crippen LogP contribution >= 0.6 is 11.3 Å². The van der Waals surface area contributed by atoms with Crippen molar-refractivity contribution in [3.05, 3.63) is 52.1 Å². The molecule has 0 aliphatic carbocycles. The predicted molar refractivity (Wildman–Crippen MR) is 87.6 cm³/mol. The minimum Gasteiger partial charge on any atom is -0.377 e. The van der Waals surface area contributed by atoms with E-state index < -0.39 is 0 Å². The SMILES string of the molecule is Cc1nc(C(C)Nc2cccc(-c3ccn[nH]3)c2)c(C)s1. The highest BCUT2D eigenvalue weighted by molar-refractivity contribution is 7.11. The zero-order valence-corrected chi connectivity index (χ0v) is 13.2. The molecule has 3 aromatic rings. The number of aromatic amines is 1. The van der Waals surface area contributed by atoms with Crippen LogP contribution in [0.1, 0.15) is 28.5 Å². The molecule has 0 bridgehead atoms. The third-order valence-electron chi connectivity index (χ3n) is 3.41. The minimum absolute atomic E-state index is 0.187. The number of benzene rings is 1. The summed E-state index contributed by atoms with van der Waals surface area (Å²) in [5.41, 5.74) is 4.35. The highest BCUT2D eigenvalue weighted by atomic mass is 32.1. The van der Waals surface area contributed by atoms with Crippen LogP contribution in [0.4, 0.5) is 5.69 Å². The van der Waals surface area contributed by atoms with Gasteiger partial charge in [-0.05, 0) is 39.0 Å². The van der Waals surface area contributed by atoms with Crippen LogP contribution in [0.15, 0.2) is 36.5 Å². The number of hydrogen-bond donors (Lipinski definition) is 2. The summed E-state index contributed by atoms with van der Waals surface area (Å²) in [7, 11) is 0. The van der Waals surface area contributed by atoms with Gasteiger partial charge in [0.1, 0.15) is 0 Å². The van der Waals surface area contributed by atoms with Crippen molar-refractivity contribution in [3.63, 3.8) is 0 Å². The van der Waals surface area contributed by atoms with E-state index in [1.165, 1.54) is 4.88 Å². The Morgan fingerprint density at radius 2 is 2.10 bits per heavy atom. The maximum Gasteiger partial charge on any atom is 0.0901 e. The molecule has 2 aromatic heterocycles. The van der Waals surface area contributed by atoms with Crippen LogP contribution in [0.25, 0.3) is 11.3 Å². The van der Waals surface area contributed by atoms with E-state index in [1.54, 1.807) is 17.5 Å². The maximum absolute atomic E-state index is 4.62. The zero-order chi connectivity index (χ0) is 14.8. The van der Waals surface area contributed by atoms with E-state index in [4.69, 9.17) is 0 Å². The molecule has 0 saturated carbocycles. The molecule has 1 unspecified atom stereocenters. The van der Waals surface area contributed by atoms with Crippen molar-refractivity contribution in [1.82, 2.24) is 15.2 Å². The lowest BCUT2D eigenvalue weighted by Gasteiger charge is -2.15. The quantitative estimate of drug-likeness (QED) is 0.754. The minimum atomic E-state index is 0.187. The summed E-state index contributed by atoms with van der Waals surface area (Å²) in [5, 5.41) is 11.6. The van der Waals surface area contributed by atoms with Crippen molar-refractivity contribution >= 4 is 17.0 Å². The first-order valence-corrected chi connectivity index (χ1v) is 7.75. The summed E-state index contributed by atoms with van der Waals surface area (Å²) in [5.74, 6) is 0. The van der Waals surface area contributed by atoms with Crippen molar-refractivity contribution in [3.8, 4) is 11.3 Å². The third kappa shape index (κ3) is 2.97. The van der Waals surface area contributed by atoms with E-state index in [-0.39, 0.29) is 6.04 Å². The van der Waals surface area contributed by atoms with Gasteiger partial charge in [0.15, 0.2) is 0 Å². The van der Waals surface area contributed by atoms with Gasteiger partial charge in [-0.2, -0.15) is 5.10 Å². The molecular formula is C16H18N4S. The van der Waals surface area contributed by atoms with E-state index in [0.29, 0.717) is 0 Å². The highest BCUT2D eigenvalue weighted by Gasteiger charge is 2.13. The number of aromatic nitrogens is 3. The molecule has 0 fully saturated rings. The first-order chi connectivity index (χ1) is 10.1. The smallest absolute Gasteiger partial charge is 0.0901 e. The standard InChI is InChI=1S/C16H18N4S/c1-10(16-11(2)21-12(3)19-16)18-14-6-4-5-13(9-14)15-7-8-17-20-15/h4-10,18H,1-3H3,(H,17,20). The van der Waals surface area contributed by atoms with Gasteiger partial charge in [0, 0.05) is 22.3 Å². The summed E-state index contributed by atoms with van der Waals surface area (Å²) < 4.78 is 0. The van der Waals surface area contributed by atoms with Gasteiger partial charge in [-0.3, -0.25) is 5.10 Å². The van der Waals surface area contributed by atoms with Crippen LogP contribution < -0.4 is 5.32 Å². The first-order valence-electron chi connectivity index (χ1n) is 6.94. The molecule has 2 N–H and O–H groups in total. The van der Waals surface area contributed by atoms with E-state index >= 15 is 0 Å². The molecule has 1 atom stereocenters. The lowest BCUT2D eigenvalue weighted by molar-refractivity contribution is 0.837. The highest BCUT2D eigenvalue weighted by Crippen LogP contribution is 2.27. The molecule has 0 saturated heterocycles. The topological polar surface area (TPSA) is 53.6 Å². The van der Waals surface area contributed by atoms with Gasteiger partial charge in [0.2, 0.25) is 0 Å². The summed E-state index contributed by atoms with van der Waals surface area (Å²) >= 11 is 1.74. The maximum atomic E-state index is 4.62. The fourth-order valence-corrected chi connectivity index (χ4v) is 3.37. The molecule has 21 heavy (non-hydrogen) atoms. The van der Waals surface area contributed by atoms with Gasteiger partial charge in [-0.1, -0.05) is 12.1 Å². The molecule has 5 heteroatoms. The van der Waals surface area contributed by atoms with Crippen LogP contribution in [0.5, 0.6) is 0 Å². The molecule has 108 valence electrons. The van der Waals surface area contributed by atoms with E-state index in [9.17, 15) is 0 Å². The van der Waals surface area contributed by atoms with Crippen molar-refractivity contribution < 1.29 is 0 Å². The van der Waals surface area contributed by atoms with E-state index in [1.807, 2.05) is 19.1 Å². The molecule has 0 aliphatic rings. The zero-order valence-electron chi connectivity index (χ0n) is 12.3. The molecule has 0 aliphatic heterocycles. The second-order valence-corrected chi connectivity index (χ2v) is 6.50. The lowest BCUT2D eigenvalue weighted by atomic mass is 10.1. The molecule has 0 radical (unpaired) electrons. The fraction of sp³-hybridized carbons (Fsp3) is 0.250. The number of H-pyrrole nitrogens is 1. The number of rotatable bonds is 4. The van der Waals surface area contributed by atoms with Gasteiger partial charge in [-0.25, -0.2) is 4.98 Å². The van der Waals surface area contributed by atoms with Crippen molar-refractivity contribution in [2.75, 3.05) is 5.32 Å². The second kappa shape index (κ2) is 5.69. The summed E-state index contributed by atoms with van der Waals surface area (Å²) in [6.45, 7) is 6.32. The van der Waals surface area contributed by atoms with E-state index in [0.717, 1.165) is 27.6 Å². The predicted octanol–water partition coefficient (Wildman–Crippen LogP) is 4.32. The normalized spacial score (nSPS) is 12.3. The average molecular weight is 298 g/mol. The Morgan fingerprint density at radius 1 is 1.24 bits per heavy atom. The van der Waals surface area contributed by atoms with E-state index in [2.05, 4.69) is 52.5 Å². The van der Waals surface area contributed by atoms with Gasteiger partial charge in [0.05, 0.1) is 22.4 Å². The van der Waals surface area contributed by atoms with Gasteiger partial charge >= 0.3 is 0 Å². The van der Waals surface area contributed by atoms with Crippen molar-refractivity contribution in [2.24, 2.45) is 0 Å².